The number of aliphatic imine (C=N–C) groups is 1. The van der Waals surface area contributed by atoms with Crippen LogP contribution in [0.1, 0.15) is 29.5 Å². The van der Waals surface area contributed by atoms with E-state index in [4.69, 9.17) is 9.73 Å². The van der Waals surface area contributed by atoms with E-state index in [1.165, 1.54) is 11.1 Å². The molecule has 1 atom stereocenters. The smallest absolute Gasteiger partial charge is 0.191 e. The third-order valence-electron chi connectivity index (χ3n) is 4.42. The summed E-state index contributed by atoms with van der Waals surface area (Å²) in [4.78, 5) is 4.69. The van der Waals surface area contributed by atoms with Gasteiger partial charge in [0.05, 0.1) is 13.7 Å². The van der Waals surface area contributed by atoms with Gasteiger partial charge in [-0.15, -0.1) is 0 Å². The highest BCUT2D eigenvalue weighted by molar-refractivity contribution is 5.79. The lowest BCUT2D eigenvalue weighted by atomic mass is 9.78. The van der Waals surface area contributed by atoms with Crippen LogP contribution in [0, 0.1) is 0 Å². The average Bonchev–Trinajstić information content (AvgIpc) is 2.60. The minimum Gasteiger partial charge on any atom is -0.496 e. The van der Waals surface area contributed by atoms with Crippen molar-refractivity contribution < 1.29 is 4.74 Å². The first-order valence-corrected chi connectivity index (χ1v) is 8.53. The number of guanidine groups is 1. The lowest BCUT2D eigenvalue weighted by Crippen LogP contribution is -2.41. The number of nitrogens with zero attached hydrogens (tertiary/aromatic N) is 1. The molecule has 0 heterocycles. The summed E-state index contributed by atoms with van der Waals surface area (Å²) in [7, 11) is 1.69. The van der Waals surface area contributed by atoms with Crippen LogP contribution >= 0.6 is 0 Å². The Labute approximate surface area is 144 Å². The van der Waals surface area contributed by atoms with Gasteiger partial charge in [0.15, 0.2) is 5.96 Å². The summed E-state index contributed by atoms with van der Waals surface area (Å²) in [6, 6.07) is 16.7. The average molecular weight is 323 g/mol. The number of methoxy groups -OCH3 is 1. The van der Waals surface area contributed by atoms with Crippen LogP contribution in [0.15, 0.2) is 53.5 Å². The second-order valence-corrected chi connectivity index (χ2v) is 5.99. The quantitative estimate of drug-likeness (QED) is 0.634. The number of benzene rings is 2. The highest BCUT2D eigenvalue weighted by atomic mass is 16.5. The molecule has 0 aliphatic heterocycles. The van der Waals surface area contributed by atoms with E-state index < -0.39 is 0 Å². The maximum atomic E-state index is 5.39. The fourth-order valence-corrected chi connectivity index (χ4v) is 3.10. The van der Waals surface area contributed by atoms with Gasteiger partial charge >= 0.3 is 0 Å². The number of hydrogen-bond donors (Lipinski definition) is 2. The van der Waals surface area contributed by atoms with Crippen molar-refractivity contribution in [2.24, 2.45) is 4.99 Å². The van der Waals surface area contributed by atoms with Gasteiger partial charge in [-0.1, -0.05) is 42.5 Å². The fraction of sp³-hybridized carbons (Fsp3) is 0.350. The highest BCUT2D eigenvalue weighted by Gasteiger charge is 2.25. The summed E-state index contributed by atoms with van der Waals surface area (Å²) in [5, 5.41) is 6.79. The van der Waals surface area contributed by atoms with Crippen LogP contribution in [0.4, 0.5) is 0 Å². The summed E-state index contributed by atoms with van der Waals surface area (Å²) in [6.45, 7) is 4.44. The molecule has 4 heteroatoms. The lowest BCUT2D eigenvalue weighted by molar-refractivity contribution is 0.410. The first kappa shape index (κ1) is 16.4. The van der Waals surface area contributed by atoms with E-state index in [2.05, 4.69) is 41.8 Å². The van der Waals surface area contributed by atoms with Crippen molar-refractivity contribution >= 4 is 5.96 Å². The normalized spacial score (nSPS) is 16.1. The molecule has 0 spiro atoms. The maximum Gasteiger partial charge on any atom is 0.191 e. The molecule has 1 aliphatic rings. The number of para-hydroxylation sites is 1. The summed E-state index contributed by atoms with van der Waals surface area (Å²) in [5.74, 6) is 2.31. The first-order chi connectivity index (χ1) is 11.8. The molecule has 3 rings (SSSR count). The van der Waals surface area contributed by atoms with Gasteiger partial charge in [0.2, 0.25) is 0 Å². The van der Waals surface area contributed by atoms with E-state index in [1.807, 2.05) is 24.3 Å². The van der Waals surface area contributed by atoms with E-state index >= 15 is 0 Å². The van der Waals surface area contributed by atoms with Gasteiger partial charge in [0, 0.05) is 24.6 Å². The topological polar surface area (TPSA) is 45.7 Å². The Kier molecular flexibility index (Phi) is 5.36. The predicted octanol–water partition coefficient (Wildman–Crippen LogP) is 3.09. The highest BCUT2D eigenvalue weighted by Crippen LogP contribution is 2.33. The van der Waals surface area contributed by atoms with Crippen molar-refractivity contribution in [3.63, 3.8) is 0 Å². The number of nitrogens with one attached hydrogen (secondary N) is 2. The van der Waals surface area contributed by atoms with Crippen LogP contribution in [0.25, 0.3) is 0 Å². The lowest BCUT2D eigenvalue weighted by Gasteiger charge is -2.30. The number of rotatable bonds is 6. The molecule has 2 aromatic carbocycles. The Morgan fingerprint density at radius 2 is 1.92 bits per heavy atom. The fourth-order valence-electron chi connectivity index (χ4n) is 3.10. The third kappa shape index (κ3) is 3.70. The molecule has 2 N–H and O–H groups in total. The van der Waals surface area contributed by atoms with Gasteiger partial charge in [-0.3, -0.25) is 0 Å². The molecule has 0 radical (unpaired) electrons. The minimum absolute atomic E-state index is 0.580. The van der Waals surface area contributed by atoms with Crippen LogP contribution < -0.4 is 15.4 Å². The molecule has 0 saturated carbocycles. The monoisotopic (exact) mass is 323 g/mol. The molecule has 2 aromatic rings. The molecule has 1 unspecified atom stereocenters. The molecule has 4 nitrogen and oxygen atoms in total. The SMILES string of the molecule is CCNC(=NCc1ccccc1OC)NCC1Cc2ccccc21. The Morgan fingerprint density at radius 1 is 1.12 bits per heavy atom. The van der Waals surface area contributed by atoms with Crippen molar-refractivity contribution in [3.8, 4) is 5.75 Å². The molecule has 24 heavy (non-hydrogen) atoms. The molecule has 126 valence electrons. The van der Waals surface area contributed by atoms with Crippen molar-refractivity contribution in [1.29, 1.82) is 0 Å². The molecule has 1 aliphatic carbocycles. The third-order valence-corrected chi connectivity index (χ3v) is 4.42. The Morgan fingerprint density at radius 3 is 2.71 bits per heavy atom. The minimum atomic E-state index is 0.580. The van der Waals surface area contributed by atoms with Crippen LogP contribution in [0.3, 0.4) is 0 Å². The standard InChI is InChI=1S/C20H25N3O/c1-3-21-20(22-13-16-9-5-7-11-19(16)24-2)23-14-17-12-15-8-4-6-10-18(15)17/h4-11,17H,3,12-14H2,1-2H3,(H2,21,22,23). The molecular weight excluding hydrogens is 298 g/mol. The van der Waals surface area contributed by atoms with Crippen LogP contribution in [-0.2, 0) is 13.0 Å². The predicted molar refractivity (Wildman–Crippen MR) is 98.7 cm³/mol. The van der Waals surface area contributed by atoms with Crippen molar-refractivity contribution in [2.45, 2.75) is 25.8 Å². The van der Waals surface area contributed by atoms with Crippen molar-refractivity contribution in [2.75, 3.05) is 20.2 Å². The zero-order valence-electron chi connectivity index (χ0n) is 14.4. The molecule has 0 amide bonds. The molecule has 0 aromatic heterocycles. The van der Waals surface area contributed by atoms with E-state index in [1.54, 1.807) is 7.11 Å². The summed E-state index contributed by atoms with van der Waals surface area (Å²) < 4.78 is 5.39. The van der Waals surface area contributed by atoms with Gasteiger partial charge in [-0.25, -0.2) is 4.99 Å². The molecular formula is C20H25N3O. The molecule has 0 bridgehead atoms. The van der Waals surface area contributed by atoms with Crippen molar-refractivity contribution in [3.05, 3.63) is 65.2 Å². The maximum absolute atomic E-state index is 5.39. The van der Waals surface area contributed by atoms with Gasteiger partial charge in [0.1, 0.15) is 5.75 Å². The van der Waals surface area contributed by atoms with Gasteiger partial charge < -0.3 is 15.4 Å². The van der Waals surface area contributed by atoms with Gasteiger partial charge in [-0.05, 0) is 30.5 Å². The number of fused-ring (bicyclic) bond motifs is 1. The largest absolute Gasteiger partial charge is 0.496 e. The van der Waals surface area contributed by atoms with E-state index in [9.17, 15) is 0 Å². The Hall–Kier alpha value is -2.49. The second-order valence-electron chi connectivity index (χ2n) is 5.99. The van der Waals surface area contributed by atoms with Crippen molar-refractivity contribution in [1.82, 2.24) is 10.6 Å². The first-order valence-electron chi connectivity index (χ1n) is 8.53. The second kappa shape index (κ2) is 7.86. The number of ether oxygens (including phenoxy) is 1. The van der Waals surface area contributed by atoms with Gasteiger partial charge in [-0.2, -0.15) is 0 Å². The van der Waals surface area contributed by atoms with Crippen LogP contribution in [0.2, 0.25) is 0 Å². The zero-order valence-corrected chi connectivity index (χ0v) is 14.4. The summed E-state index contributed by atoms with van der Waals surface area (Å²) >= 11 is 0. The van der Waals surface area contributed by atoms with E-state index in [0.29, 0.717) is 12.5 Å². The Bertz CT molecular complexity index is 712. The molecule has 0 fully saturated rings. The summed E-state index contributed by atoms with van der Waals surface area (Å²) in [6.07, 6.45) is 1.15. The summed E-state index contributed by atoms with van der Waals surface area (Å²) in [5.41, 5.74) is 4.03. The van der Waals surface area contributed by atoms with Crippen LogP contribution in [-0.4, -0.2) is 26.2 Å². The number of hydrogen-bond acceptors (Lipinski definition) is 2. The van der Waals surface area contributed by atoms with E-state index in [-0.39, 0.29) is 0 Å². The van der Waals surface area contributed by atoms with E-state index in [0.717, 1.165) is 36.8 Å². The van der Waals surface area contributed by atoms with Gasteiger partial charge in [0.25, 0.3) is 0 Å². The van der Waals surface area contributed by atoms with Crippen LogP contribution in [0.5, 0.6) is 5.75 Å². The zero-order chi connectivity index (χ0) is 16.8. The Balaban J connectivity index is 1.60. The molecule has 0 saturated heterocycles.